The summed E-state index contributed by atoms with van der Waals surface area (Å²) in [5.41, 5.74) is 0.686. The molecule has 0 aliphatic carbocycles. The lowest BCUT2D eigenvalue weighted by Gasteiger charge is -2.30. The van der Waals surface area contributed by atoms with Gasteiger partial charge in [0.15, 0.2) is 0 Å². The molecular formula is C12H14BrNO3S. The first-order valence-corrected chi connectivity index (χ1v) is 7.38. The molecule has 1 aliphatic rings. The average Bonchev–Trinajstić information content (AvgIpc) is 2.67. The number of rotatable bonds is 2. The summed E-state index contributed by atoms with van der Waals surface area (Å²) < 4.78 is 0.852. The molecule has 1 aromatic rings. The van der Waals surface area contributed by atoms with Crippen molar-refractivity contribution in [2.45, 2.75) is 19.8 Å². The Morgan fingerprint density at radius 1 is 1.44 bits per heavy atom. The second kappa shape index (κ2) is 5.40. The van der Waals surface area contributed by atoms with Crippen LogP contribution >= 0.6 is 27.3 Å². The highest BCUT2D eigenvalue weighted by molar-refractivity contribution is 9.11. The van der Waals surface area contributed by atoms with Crippen LogP contribution in [0.25, 0.3) is 0 Å². The molecule has 1 aliphatic heterocycles. The Bertz CT molecular complexity index is 478. The van der Waals surface area contributed by atoms with Crippen LogP contribution in [0.2, 0.25) is 0 Å². The van der Waals surface area contributed by atoms with Gasteiger partial charge in [0.2, 0.25) is 0 Å². The normalized spacial score (nSPS) is 16.9. The van der Waals surface area contributed by atoms with Gasteiger partial charge in [-0.2, -0.15) is 0 Å². The summed E-state index contributed by atoms with van der Waals surface area (Å²) in [6.07, 6.45) is 1.09. The van der Waals surface area contributed by atoms with E-state index in [2.05, 4.69) is 15.9 Å². The number of nitrogens with zero attached hydrogens (tertiary/aromatic N) is 1. The highest BCUT2D eigenvalue weighted by atomic mass is 79.9. The zero-order valence-corrected chi connectivity index (χ0v) is 12.4. The highest BCUT2D eigenvalue weighted by Gasteiger charge is 2.28. The SMILES string of the molecule is Cc1cc(C(=O)N2CCC(C(=O)O)CC2)c(Br)s1. The summed E-state index contributed by atoms with van der Waals surface area (Å²) in [6, 6.07) is 1.88. The van der Waals surface area contributed by atoms with E-state index in [9.17, 15) is 9.59 Å². The molecule has 0 radical (unpaired) electrons. The fraction of sp³-hybridized carbons (Fsp3) is 0.500. The Morgan fingerprint density at radius 3 is 2.50 bits per heavy atom. The summed E-state index contributed by atoms with van der Waals surface area (Å²) in [5, 5.41) is 8.92. The van der Waals surface area contributed by atoms with Gasteiger partial charge in [0, 0.05) is 18.0 Å². The number of likely N-dealkylation sites (tertiary alicyclic amines) is 1. The average molecular weight is 332 g/mol. The third kappa shape index (κ3) is 2.75. The van der Waals surface area contributed by atoms with Crippen LogP contribution in [-0.2, 0) is 4.79 Å². The van der Waals surface area contributed by atoms with Crippen LogP contribution < -0.4 is 0 Å². The number of aryl methyl sites for hydroxylation is 1. The summed E-state index contributed by atoms with van der Waals surface area (Å²) in [6.45, 7) is 3.01. The van der Waals surface area contributed by atoms with Crippen LogP contribution in [-0.4, -0.2) is 35.0 Å². The predicted octanol–water partition coefficient (Wildman–Crippen LogP) is 2.76. The molecule has 1 aromatic heterocycles. The van der Waals surface area contributed by atoms with Crippen LogP contribution in [0.15, 0.2) is 9.85 Å². The molecule has 1 saturated heterocycles. The van der Waals surface area contributed by atoms with Crippen LogP contribution in [0.1, 0.15) is 28.1 Å². The van der Waals surface area contributed by atoms with Gasteiger partial charge in [-0.15, -0.1) is 11.3 Å². The lowest BCUT2D eigenvalue weighted by atomic mass is 9.97. The maximum Gasteiger partial charge on any atom is 0.306 e. The molecule has 0 spiro atoms. The van der Waals surface area contributed by atoms with E-state index in [4.69, 9.17) is 5.11 Å². The lowest BCUT2D eigenvalue weighted by Crippen LogP contribution is -2.40. The van der Waals surface area contributed by atoms with Crippen LogP contribution in [0.4, 0.5) is 0 Å². The van der Waals surface area contributed by atoms with Crippen molar-refractivity contribution < 1.29 is 14.7 Å². The molecule has 6 heteroatoms. The lowest BCUT2D eigenvalue weighted by molar-refractivity contribution is -0.143. The number of thiophene rings is 1. The summed E-state index contributed by atoms with van der Waals surface area (Å²) in [7, 11) is 0. The van der Waals surface area contributed by atoms with Crippen LogP contribution in [0, 0.1) is 12.8 Å². The van der Waals surface area contributed by atoms with Gasteiger partial charge in [-0.25, -0.2) is 0 Å². The van der Waals surface area contributed by atoms with Crippen molar-refractivity contribution >= 4 is 39.1 Å². The van der Waals surface area contributed by atoms with Crippen molar-refractivity contribution in [1.82, 2.24) is 4.90 Å². The number of carbonyl (C=O) groups excluding carboxylic acids is 1. The van der Waals surface area contributed by atoms with Crippen molar-refractivity contribution in [2.75, 3.05) is 13.1 Å². The molecule has 98 valence electrons. The third-order valence-corrected chi connectivity index (χ3v) is 4.92. The zero-order valence-electron chi connectivity index (χ0n) is 9.98. The van der Waals surface area contributed by atoms with Gasteiger partial charge in [0.1, 0.15) is 0 Å². The number of aliphatic carboxylic acids is 1. The Labute approximate surface area is 118 Å². The predicted molar refractivity (Wildman–Crippen MR) is 73.0 cm³/mol. The van der Waals surface area contributed by atoms with Crippen molar-refractivity contribution in [3.05, 3.63) is 20.3 Å². The smallest absolute Gasteiger partial charge is 0.306 e. The number of piperidine rings is 1. The Hall–Kier alpha value is -0.880. The van der Waals surface area contributed by atoms with E-state index in [0.29, 0.717) is 31.5 Å². The fourth-order valence-electron chi connectivity index (χ4n) is 2.13. The van der Waals surface area contributed by atoms with E-state index >= 15 is 0 Å². The van der Waals surface area contributed by atoms with E-state index in [1.54, 1.807) is 16.2 Å². The second-order valence-corrected chi connectivity index (χ2v) is 7.02. The zero-order chi connectivity index (χ0) is 13.3. The van der Waals surface area contributed by atoms with Gasteiger partial charge >= 0.3 is 5.97 Å². The van der Waals surface area contributed by atoms with Gasteiger partial charge < -0.3 is 10.0 Å². The van der Waals surface area contributed by atoms with Crippen molar-refractivity contribution in [3.63, 3.8) is 0 Å². The van der Waals surface area contributed by atoms with E-state index in [1.807, 2.05) is 13.0 Å². The van der Waals surface area contributed by atoms with E-state index in [-0.39, 0.29) is 11.8 Å². The molecule has 0 bridgehead atoms. The molecule has 4 nitrogen and oxygen atoms in total. The van der Waals surface area contributed by atoms with Crippen LogP contribution in [0.3, 0.4) is 0 Å². The summed E-state index contributed by atoms with van der Waals surface area (Å²) >= 11 is 4.94. The number of hydrogen-bond acceptors (Lipinski definition) is 3. The first-order chi connectivity index (χ1) is 8.49. The van der Waals surface area contributed by atoms with Crippen LogP contribution in [0.5, 0.6) is 0 Å². The maximum absolute atomic E-state index is 12.3. The highest BCUT2D eigenvalue weighted by Crippen LogP contribution is 2.29. The van der Waals surface area contributed by atoms with Gasteiger partial charge in [0.25, 0.3) is 5.91 Å². The summed E-state index contributed by atoms with van der Waals surface area (Å²) in [5.74, 6) is -1.06. The number of carboxylic acid groups (broad SMARTS) is 1. The Kier molecular flexibility index (Phi) is 4.07. The first kappa shape index (κ1) is 13.5. The Balaban J connectivity index is 2.04. The summed E-state index contributed by atoms with van der Waals surface area (Å²) in [4.78, 5) is 25.9. The van der Waals surface area contributed by atoms with Crippen molar-refractivity contribution in [2.24, 2.45) is 5.92 Å². The second-order valence-electron chi connectivity index (χ2n) is 4.45. The van der Waals surface area contributed by atoms with E-state index in [0.717, 1.165) is 8.66 Å². The standard InChI is InChI=1S/C12H14BrNO3S/c1-7-6-9(10(13)18-7)11(15)14-4-2-8(3-5-14)12(16)17/h6,8H,2-5H2,1H3,(H,16,17). The van der Waals surface area contributed by atoms with Crippen molar-refractivity contribution in [3.8, 4) is 0 Å². The molecule has 0 atom stereocenters. The number of carboxylic acids is 1. The molecule has 1 fully saturated rings. The number of carbonyl (C=O) groups is 2. The van der Waals surface area contributed by atoms with Gasteiger partial charge in [-0.05, 0) is 41.8 Å². The number of hydrogen-bond donors (Lipinski definition) is 1. The van der Waals surface area contributed by atoms with Crippen molar-refractivity contribution in [1.29, 1.82) is 0 Å². The molecule has 1 N–H and O–H groups in total. The topological polar surface area (TPSA) is 57.6 Å². The fourth-order valence-corrected chi connectivity index (χ4v) is 3.90. The molecule has 0 unspecified atom stereocenters. The first-order valence-electron chi connectivity index (χ1n) is 5.77. The molecule has 1 amide bonds. The van der Waals surface area contributed by atoms with E-state index in [1.165, 1.54) is 0 Å². The molecule has 0 aromatic carbocycles. The quantitative estimate of drug-likeness (QED) is 0.906. The Morgan fingerprint density at radius 2 is 2.06 bits per heavy atom. The molecule has 2 heterocycles. The number of amides is 1. The largest absolute Gasteiger partial charge is 0.481 e. The molecule has 18 heavy (non-hydrogen) atoms. The molecular weight excluding hydrogens is 318 g/mol. The molecule has 0 saturated carbocycles. The van der Waals surface area contributed by atoms with Gasteiger partial charge in [-0.1, -0.05) is 0 Å². The minimum atomic E-state index is -0.755. The van der Waals surface area contributed by atoms with Gasteiger partial charge in [0.05, 0.1) is 15.3 Å². The number of halogens is 1. The maximum atomic E-state index is 12.3. The van der Waals surface area contributed by atoms with Gasteiger partial charge in [-0.3, -0.25) is 9.59 Å². The third-order valence-electron chi connectivity index (χ3n) is 3.17. The monoisotopic (exact) mass is 331 g/mol. The molecule has 2 rings (SSSR count). The van der Waals surface area contributed by atoms with E-state index < -0.39 is 5.97 Å². The minimum absolute atomic E-state index is 0.00457. The minimum Gasteiger partial charge on any atom is -0.481 e.